The Kier molecular flexibility index (Phi) is 5.80. The van der Waals surface area contributed by atoms with Crippen molar-refractivity contribution in [2.75, 3.05) is 7.11 Å². The smallest absolute Gasteiger partial charge is 0.329 e. The molecular formula is C25H21NO5. The molecule has 0 saturated heterocycles. The van der Waals surface area contributed by atoms with Crippen molar-refractivity contribution in [2.45, 2.75) is 19.1 Å². The molecule has 0 aromatic heterocycles. The van der Waals surface area contributed by atoms with E-state index in [-0.39, 0.29) is 6.42 Å². The fourth-order valence-corrected chi connectivity index (χ4v) is 3.63. The van der Waals surface area contributed by atoms with Crippen LogP contribution in [0.1, 0.15) is 31.8 Å². The van der Waals surface area contributed by atoms with Gasteiger partial charge in [-0.15, -0.1) is 0 Å². The summed E-state index contributed by atoms with van der Waals surface area (Å²) in [7, 11) is 1.24. The van der Waals surface area contributed by atoms with Crippen LogP contribution in [0.15, 0.2) is 78.9 Å². The van der Waals surface area contributed by atoms with Crippen molar-refractivity contribution in [1.82, 2.24) is 4.90 Å². The highest BCUT2D eigenvalue weighted by Crippen LogP contribution is 2.27. The van der Waals surface area contributed by atoms with Crippen LogP contribution >= 0.6 is 0 Å². The molecule has 0 unspecified atom stereocenters. The third-order valence-corrected chi connectivity index (χ3v) is 5.19. The summed E-state index contributed by atoms with van der Waals surface area (Å²) in [5.41, 5.74) is 2.37. The number of ether oxygens (including phenoxy) is 2. The number of methoxy groups -OCH3 is 1. The van der Waals surface area contributed by atoms with Crippen LogP contribution in [0, 0.1) is 0 Å². The van der Waals surface area contributed by atoms with Gasteiger partial charge in [0, 0.05) is 6.42 Å². The Hall–Kier alpha value is -3.93. The number of fused-ring (bicyclic) bond motifs is 1. The fraction of sp³-hybridized carbons (Fsp3) is 0.160. The highest BCUT2D eigenvalue weighted by Gasteiger charge is 2.43. The number of rotatable bonds is 7. The Bertz CT molecular complexity index is 1090. The summed E-state index contributed by atoms with van der Waals surface area (Å²) in [6, 6.07) is 22.5. The van der Waals surface area contributed by atoms with E-state index >= 15 is 0 Å². The number of benzene rings is 3. The minimum atomic E-state index is -1.07. The van der Waals surface area contributed by atoms with Crippen molar-refractivity contribution >= 4 is 17.8 Å². The van der Waals surface area contributed by atoms with Gasteiger partial charge < -0.3 is 9.47 Å². The number of carbonyl (C=O) groups is 3. The predicted molar refractivity (Wildman–Crippen MR) is 114 cm³/mol. The fourth-order valence-electron chi connectivity index (χ4n) is 3.63. The summed E-state index contributed by atoms with van der Waals surface area (Å²) in [6.07, 6.45) is 0.126. The Morgan fingerprint density at radius 2 is 1.45 bits per heavy atom. The molecule has 0 spiro atoms. The molecule has 0 aliphatic carbocycles. The molecule has 3 aromatic rings. The van der Waals surface area contributed by atoms with Gasteiger partial charge in [0.05, 0.1) is 18.2 Å². The molecule has 156 valence electrons. The summed E-state index contributed by atoms with van der Waals surface area (Å²) in [4.78, 5) is 39.3. The van der Waals surface area contributed by atoms with Crippen LogP contribution in [-0.4, -0.2) is 35.8 Å². The van der Waals surface area contributed by atoms with E-state index in [0.717, 1.165) is 16.0 Å². The van der Waals surface area contributed by atoms with Crippen LogP contribution in [-0.2, 0) is 22.6 Å². The molecule has 1 atom stereocenters. The molecule has 6 nitrogen and oxygen atoms in total. The van der Waals surface area contributed by atoms with Crippen molar-refractivity contribution in [3.05, 3.63) is 101 Å². The molecule has 0 radical (unpaired) electrons. The number of amides is 2. The largest absolute Gasteiger partial charge is 0.489 e. The summed E-state index contributed by atoms with van der Waals surface area (Å²) in [5, 5.41) is 0. The molecule has 1 aliphatic rings. The van der Waals surface area contributed by atoms with Gasteiger partial charge in [0.2, 0.25) is 0 Å². The first kappa shape index (κ1) is 20.3. The quantitative estimate of drug-likeness (QED) is 0.435. The van der Waals surface area contributed by atoms with Crippen molar-refractivity contribution in [3.63, 3.8) is 0 Å². The summed E-state index contributed by atoms with van der Waals surface area (Å²) < 4.78 is 10.8. The lowest BCUT2D eigenvalue weighted by atomic mass is 10.0. The maximum Gasteiger partial charge on any atom is 0.329 e. The molecule has 31 heavy (non-hydrogen) atoms. The Morgan fingerprint density at radius 3 is 2.10 bits per heavy atom. The van der Waals surface area contributed by atoms with Gasteiger partial charge in [-0.1, -0.05) is 54.6 Å². The second kappa shape index (κ2) is 8.83. The van der Waals surface area contributed by atoms with Crippen molar-refractivity contribution in [1.29, 1.82) is 0 Å². The van der Waals surface area contributed by atoms with E-state index in [2.05, 4.69) is 0 Å². The van der Waals surface area contributed by atoms with E-state index in [1.165, 1.54) is 7.11 Å². The number of hydrogen-bond acceptors (Lipinski definition) is 5. The van der Waals surface area contributed by atoms with Gasteiger partial charge >= 0.3 is 5.97 Å². The SMILES string of the molecule is COC(=O)[C@@H](Cc1cccc(OCc2ccccc2)c1)N1C(=O)c2ccccc2C1=O. The Balaban J connectivity index is 1.55. The summed E-state index contributed by atoms with van der Waals surface area (Å²) >= 11 is 0. The molecule has 6 heteroatoms. The Morgan fingerprint density at radius 1 is 0.839 bits per heavy atom. The second-order valence-corrected chi connectivity index (χ2v) is 7.19. The number of imide groups is 1. The van der Waals surface area contributed by atoms with Gasteiger partial charge in [-0.25, -0.2) is 4.79 Å². The first-order chi connectivity index (χ1) is 15.1. The molecule has 4 rings (SSSR count). The standard InChI is InChI=1S/C25H21NO5/c1-30-25(29)22(26-23(27)20-12-5-6-13-21(20)24(26)28)15-18-10-7-11-19(14-18)31-16-17-8-3-2-4-9-17/h2-14,22H,15-16H2,1H3/t22-/m1/s1. The van der Waals surface area contributed by atoms with E-state index in [0.29, 0.717) is 23.5 Å². The van der Waals surface area contributed by atoms with Crippen LogP contribution in [0.3, 0.4) is 0 Å². The molecule has 2 amide bonds. The minimum Gasteiger partial charge on any atom is -0.489 e. The third-order valence-electron chi connectivity index (χ3n) is 5.19. The summed E-state index contributed by atoms with van der Waals surface area (Å²) in [5.74, 6) is -1.00. The highest BCUT2D eigenvalue weighted by molar-refractivity contribution is 6.22. The predicted octanol–water partition coefficient (Wildman–Crippen LogP) is 3.65. The van der Waals surface area contributed by atoms with Crippen LogP contribution in [0.25, 0.3) is 0 Å². The first-order valence-corrected chi connectivity index (χ1v) is 9.89. The number of nitrogens with zero attached hydrogens (tertiary/aromatic N) is 1. The van der Waals surface area contributed by atoms with E-state index in [4.69, 9.17) is 9.47 Å². The number of esters is 1. The molecule has 0 fully saturated rings. The van der Waals surface area contributed by atoms with Crippen LogP contribution in [0.5, 0.6) is 5.75 Å². The summed E-state index contributed by atoms with van der Waals surface area (Å²) in [6.45, 7) is 0.406. The van der Waals surface area contributed by atoms with E-state index < -0.39 is 23.8 Å². The molecule has 0 bridgehead atoms. The molecular weight excluding hydrogens is 394 g/mol. The molecule has 0 saturated carbocycles. The van der Waals surface area contributed by atoms with Crippen molar-refractivity contribution in [3.8, 4) is 5.75 Å². The first-order valence-electron chi connectivity index (χ1n) is 9.89. The highest BCUT2D eigenvalue weighted by atomic mass is 16.5. The zero-order valence-corrected chi connectivity index (χ0v) is 17.0. The van der Waals surface area contributed by atoms with Crippen LogP contribution in [0.4, 0.5) is 0 Å². The average Bonchev–Trinajstić information content (AvgIpc) is 3.07. The second-order valence-electron chi connectivity index (χ2n) is 7.19. The lowest BCUT2D eigenvalue weighted by Crippen LogP contribution is -2.46. The van der Waals surface area contributed by atoms with E-state index in [1.807, 2.05) is 48.5 Å². The molecule has 0 N–H and O–H groups in total. The normalized spacial score (nSPS) is 13.6. The third kappa shape index (κ3) is 4.19. The molecule has 1 aliphatic heterocycles. The lowest BCUT2D eigenvalue weighted by molar-refractivity contribution is -0.145. The van der Waals surface area contributed by atoms with Gasteiger partial charge in [-0.2, -0.15) is 0 Å². The van der Waals surface area contributed by atoms with Gasteiger partial charge in [0.25, 0.3) is 11.8 Å². The maximum absolute atomic E-state index is 12.9. The van der Waals surface area contributed by atoms with Crippen molar-refractivity contribution in [2.24, 2.45) is 0 Å². The zero-order chi connectivity index (χ0) is 21.8. The zero-order valence-electron chi connectivity index (χ0n) is 17.0. The van der Waals surface area contributed by atoms with Gasteiger partial charge in [-0.3, -0.25) is 14.5 Å². The number of carbonyl (C=O) groups excluding carboxylic acids is 3. The number of hydrogen-bond donors (Lipinski definition) is 0. The minimum absolute atomic E-state index is 0.126. The maximum atomic E-state index is 12.9. The van der Waals surface area contributed by atoms with E-state index in [1.54, 1.807) is 30.3 Å². The molecule has 1 heterocycles. The van der Waals surface area contributed by atoms with Gasteiger partial charge in [0.15, 0.2) is 0 Å². The lowest BCUT2D eigenvalue weighted by Gasteiger charge is -2.24. The van der Waals surface area contributed by atoms with Crippen LogP contribution in [0.2, 0.25) is 0 Å². The molecule has 3 aromatic carbocycles. The van der Waals surface area contributed by atoms with Crippen molar-refractivity contribution < 1.29 is 23.9 Å². The van der Waals surface area contributed by atoms with Gasteiger partial charge in [-0.05, 0) is 35.4 Å². The van der Waals surface area contributed by atoms with E-state index in [9.17, 15) is 14.4 Å². The monoisotopic (exact) mass is 415 g/mol. The topological polar surface area (TPSA) is 72.9 Å². The Labute approximate surface area is 180 Å². The average molecular weight is 415 g/mol. The van der Waals surface area contributed by atoms with Crippen LogP contribution < -0.4 is 4.74 Å². The van der Waals surface area contributed by atoms with Gasteiger partial charge in [0.1, 0.15) is 18.4 Å².